The lowest BCUT2D eigenvalue weighted by atomic mass is 9.86. The van der Waals surface area contributed by atoms with Gasteiger partial charge in [-0.2, -0.15) is 0 Å². The quantitative estimate of drug-likeness (QED) is 0.399. The van der Waals surface area contributed by atoms with E-state index in [1.807, 2.05) is 0 Å². The second-order valence-corrected chi connectivity index (χ2v) is 8.93. The van der Waals surface area contributed by atoms with E-state index in [2.05, 4.69) is 50.4 Å². The maximum absolute atomic E-state index is 10.3. The summed E-state index contributed by atoms with van der Waals surface area (Å²) in [4.78, 5) is 0. The van der Waals surface area contributed by atoms with E-state index in [0.29, 0.717) is 6.42 Å². The highest BCUT2D eigenvalue weighted by molar-refractivity contribution is 5.85. The summed E-state index contributed by atoms with van der Waals surface area (Å²) in [6, 6.07) is 7.75. The molecule has 1 heterocycles. The fourth-order valence-corrected chi connectivity index (χ4v) is 3.78. The molecule has 0 aliphatic carbocycles. The van der Waals surface area contributed by atoms with Crippen molar-refractivity contribution in [2.75, 3.05) is 6.61 Å². The zero-order chi connectivity index (χ0) is 20.0. The predicted octanol–water partition coefficient (Wildman–Crippen LogP) is 2.31. The fourth-order valence-electron chi connectivity index (χ4n) is 3.78. The van der Waals surface area contributed by atoms with E-state index in [4.69, 9.17) is 5.11 Å². The number of aliphatic hydroxyl groups excluding tert-OH is 4. The zero-order valence-electron chi connectivity index (χ0n) is 17.3. The highest BCUT2D eigenvalue weighted by Crippen LogP contribution is 2.23. The Labute approximate surface area is 175 Å². The molecule has 1 aromatic carbocycles. The first-order valence-electron chi connectivity index (χ1n) is 10.2. The van der Waals surface area contributed by atoms with Gasteiger partial charge in [0.25, 0.3) is 0 Å². The molecular weight excluding hydrogens is 378 g/mol. The monoisotopic (exact) mass is 415 g/mol. The van der Waals surface area contributed by atoms with Gasteiger partial charge in [0.2, 0.25) is 0 Å². The van der Waals surface area contributed by atoms with E-state index in [1.54, 1.807) is 0 Å². The molecule has 1 fully saturated rings. The molecule has 5 atom stereocenters. The minimum absolute atomic E-state index is 0. The maximum atomic E-state index is 10.3. The first kappa shape index (κ1) is 25.3. The van der Waals surface area contributed by atoms with Crippen molar-refractivity contribution in [3.63, 3.8) is 0 Å². The van der Waals surface area contributed by atoms with Crippen LogP contribution in [-0.4, -0.2) is 57.4 Å². The van der Waals surface area contributed by atoms with Crippen LogP contribution in [0.3, 0.4) is 0 Å². The number of hydrogen-bond acceptors (Lipinski definition) is 5. The molecule has 5 nitrogen and oxygen atoms in total. The Morgan fingerprint density at radius 2 is 1.57 bits per heavy atom. The second-order valence-electron chi connectivity index (χ2n) is 8.93. The van der Waals surface area contributed by atoms with Gasteiger partial charge in [0.15, 0.2) is 0 Å². The molecule has 0 spiro atoms. The van der Waals surface area contributed by atoms with E-state index in [9.17, 15) is 15.3 Å². The van der Waals surface area contributed by atoms with Crippen LogP contribution in [-0.2, 0) is 11.8 Å². The molecule has 0 aromatic heterocycles. The van der Waals surface area contributed by atoms with Crippen LogP contribution in [0.1, 0.15) is 64.0 Å². The molecule has 0 saturated carbocycles. The summed E-state index contributed by atoms with van der Waals surface area (Å²) in [5.41, 5.74) is 2.91. The molecule has 162 valence electrons. The van der Waals surface area contributed by atoms with Gasteiger partial charge < -0.3 is 25.7 Å². The number of halogens is 1. The molecule has 1 aromatic rings. The maximum Gasteiger partial charge on any atom is 0.0993 e. The average Bonchev–Trinajstić information content (AvgIpc) is 2.92. The Morgan fingerprint density at radius 3 is 2.11 bits per heavy atom. The van der Waals surface area contributed by atoms with Gasteiger partial charge in [-0.1, -0.05) is 64.3 Å². The number of aliphatic hydroxyl groups is 4. The normalized spacial score (nSPS) is 26.1. The Kier molecular flexibility index (Phi) is 10.4. The van der Waals surface area contributed by atoms with Crippen LogP contribution in [0.15, 0.2) is 24.3 Å². The van der Waals surface area contributed by atoms with Gasteiger partial charge in [-0.15, -0.1) is 12.4 Å². The molecule has 5 N–H and O–H groups in total. The molecule has 2 rings (SSSR count). The topological polar surface area (TPSA) is 93.0 Å². The standard InChI is InChI=1S/C22H37NO4.ClH/c1-22(2,3)16-12-10-15(11-13-16)8-6-4-5-7-9-18(25)19-21(27)20(26)17(14-24)23-19;/h10-13,17-21,23-27H,4-9,14H2,1-3H3;1H/t17-,18-,19-,20-,21-;/m1./s1. The highest BCUT2D eigenvalue weighted by Gasteiger charge is 2.43. The number of nitrogens with one attached hydrogen (secondary N) is 1. The first-order valence-corrected chi connectivity index (χ1v) is 10.2. The molecule has 28 heavy (non-hydrogen) atoms. The molecule has 1 saturated heterocycles. The summed E-state index contributed by atoms with van der Waals surface area (Å²) < 4.78 is 0. The van der Waals surface area contributed by atoms with Crippen molar-refractivity contribution in [1.82, 2.24) is 5.32 Å². The van der Waals surface area contributed by atoms with Crippen LogP contribution in [0.25, 0.3) is 0 Å². The lowest BCUT2D eigenvalue weighted by molar-refractivity contribution is -0.00443. The van der Waals surface area contributed by atoms with Crippen molar-refractivity contribution in [3.05, 3.63) is 35.4 Å². The Balaban J connectivity index is 0.00000392. The number of benzene rings is 1. The molecule has 1 aliphatic rings. The van der Waals surface area contributed by atoms with Gasteiger partial charge >= 0.3 is 0 Å². The third-order valence-corrected chi connectivity index (χ3v) is 5.68. The van der Waals surface area contributed by atoms with Crippen molar-refractivity contribution >= 4 is 12.4 Å². The Hall–Kier alpha value is -0.690. The van der Waals surface area contributed by atoms with E-state index in [-0.39, 0.29) is 24.4 Å². The van der Waals surface area contributed by atoms with Crippen LogP contribution >= 0.6 is 12.4 Å². The number of aryl methyl sites for hydroxylation is 1. The van der Waals surface area contributed by atoms with Crippen molar-refractivity contribution in [2.24, 2.45) is 0 Å². The number of hydrogen-bond donors (Lipinski definition) is 5. The van der Waals surface area contributed by atoms with E-state index >= 15 is 0 Å². The molecule has 0 radical (unpaired) electrons. The van der Waals surface area contributed by atoms with Crippen LogP contribution in [0.2, 0.25) is 0 Å². The average molecular weight is 416 g/mol. The highest BCUT2D eigenvalue weighted by atomic mass is 35.5. The minimum atomic E-state index is -1.03. The number of rotatable bonds is 9. The number of unbranched alkanes of at least 4 members (excludes halogenated alkanes) is 3. The van der Waals surface area contributed by atoms with Crippen LogP contribution in [0.4, 0.5) is 0 Å². The van der Waals surface area contributed by atoms with Crippen LogP contribution in [0, 0.1) is 0 Å². The second kappa shape index (κ2) is 11.5. The smallest absolute Gasteiger partial charge is 0.0993 e. The minimum Gasteiger partial charge on any atom is -0.395 e. The molecule has 6 heteroatoms. The predicted molar refractivity (Wildman–Crippen MR) is 115 cm³/mol. The summed E-state index contributed by atoms with van der Waals surface area (Å²) >= 11 is 0. The van der Waals surface area contributed by atoms with E-state index in [1.165, 1.54) is 11.1 Å². The zero-order valence-corrected chi connectivity index (χ0v) is 18.2. The first-order chi connectivity index (χ1) is 12.7. The molecular formula is C22H38ClNO4. The van der Waals surface area contributed by atoms with Crippen molar-refractivity contribution < 1.29 is 20.4 Å². The van der Waals surface area contributed by atoms with E-state index < -0.39 is 30.4 Å². The SMILES string of the molecule is CC(C)(C)c1ccc(CCCCCC[C@@H](O)[C@H]2N[C@H](CO)[C@@H](O)[C@@H]2O)cc1.Cl. The van der Waals surface area contributed by atoms with Gasteiger partial charge in [0.1, 0.15) is 0 Å². The van der Waals surface area contributed by atoms with Crippen molar-refractivity contribution in [2.45, 2.75) is 95.1 Å². The van der Waals surface area contributed by atoms with Gasteiger partial charge in [0, 0.05) is 0 Å². The van der Waals surface area contributed by atoms with Gasteiger partial charge in [-0.25, -0.2) is 0 Å². The molecule has 1 aliphatic heterocycles. The fraction of sp³-hybridized carbons (Fsp3) is 0.727. The summed E-state index contributed by atoms with van der Waals surface area (Å²) in [6.07, 6.45) is 3.03. The summed E-state index contributed by atoms with van der Waals surface area (Å²) in [7, 11) is 0. The van der Waals surface area contributed by atoms with Gasteiger partial charge in [0.05, 0.1) is 37.0 Å². The molecule has 0 amide bonds. The van der Waals surface area contributed by atoms with Crippen LogP contribution < -0.4 is 5.32 Å². The van der Waals surface area contributed by atoms with Crippen molar-refractivity contribution in [1.29, 1.82) is 0 Å². The Morgan fingerprint density at radius 1 is 0.964 bits per heavy atom. The third-order valence-electron chi connectivity index (χ3n) is 5.68. The van der Waals surface area contributed by atoms with E-state index in [0.717, 1.165) is 32.1 Å². The largest absolute Gasteiger partial charge is 0.395 e. The molecule has 0 bridgehead atoms. The lowest BCUT2D eigenvalue weighted by Gasteiger charge is -2.22. The van der Waals surface area contributed by atoms with Crippen LogP contribution in [0.5, 0.6) is 0 Å². The summed E-state index contributed by atoms with van der Waals surface area (Å²) in [5, 5.41) is 42.1. The third kappa shape index (κ3) is 6.97. The Bertz CT molecular complexity index is 561. The molecule has 0 unspecified atom stereocenters. The summed E-state index contributed by atoms with van der Waals surface area (Å²) in [6.45, 7) is 6.42. The lowest BCUT2D eigenvalue weighted by Crippen LogP contribution is -2.44. The van der Waals surface area contributed by atoms with Gasteiger partial charge in [-0.3, -0.25) is 0 Å². The van der Waals surface area contributed by atoms with Gasteiger partial charge in [-0.05, 0) is 35.8 Å². The summed E-state index contributed by atoms with van der Waals surface area (Å²) in [5.74, 6) is 0. The van der Waals surface area contributed by atoms with Crippen molar-refractivity contribution in [3.8, 4) is 0 Å².